The van der Waals surface area contributed by atoms with Crippen molar-refractivity contribution in [2.75, 3.05) is 38.7 Å². The number of nitrogens with one attached hydrogen (secondary N) is 1. The number of sulfonamides is 1. The molecule has 0 radical (unpaired) electrons. The molecule has 0 spiro atoms. The summed E-state index contributed by atoms with van der Waals surface area (Å²) in [6, 6.07) is 18.8. The number of hydrogen-bond donors (Lipinski definition) is 1. The second kappa shape index (κ2) is 15.3. The van der Waals surface area contributed by atoms with Crippen LogP contribution in [0, 0.1) is 5.92 Å². The van der Waals surface area contributed by atoms with E-state index in [0.717, 1.165) is 9.87 Å². The number of methoxy groups -OCH3 is 3. The SMILES string of the molecule is CC[C@H](C(=O)NCC(C)C)N(Cc1ccc(OC)cc1)C(=O)CN(c1ccccc1OC)S(=O)(=O)c1ccc(OC)cc1. The third-order valence-electron chi connectivity index (χ3n) is 6.86. The maximum Gasteiger partial charge on any atom is 0.264 e. The Morgan fingerprint density at radius 1 is 0.837 bits per heavy atom. The van der Waals surface area contributed by atoms with Crippen LogP contribution in [0.2, 0.25) is 0 Å². The Labute approximate surface area is 254 Å². The van der Waals surface area contributed by atoms with Gasteiger partial charge in [-0.1, -0.05) is 45.0 Å². The topological polar surface area (TPSA) is 114 Å². The summed E-state index contributed by atoms with van der Waals surface area (Å²) in [4.78, 5) is 29.0. The maximum atomic E-state index is 14.2. The number of carbonyl (C=O) groups excluding carboxylic acids is 2. The first kappa shape index (κ1) is 33.3. The minimum atomic E-state index is -4.26. The fourth-order valence-electron chi connectivity index (χ4n) is 4.49. The van der Waals surface area contributed by atoms with Gasteiger partial charge in [-0.25, -0.2) is 8.42 Å². The zero-order valence-electron chi connectivity index (χ0n) is 25.6. The van der Waals surface area contributed by atoms with E-state index < -0.39 is 28.5 Å². The number of carbonyl (C=O) groups is 2. The van der Waals surface area contributed by atoms with Gasteiger partial charge in [-0.2, -0.15) is 0 Å². The number of amides is 2. The highest BCUT2D eigenvalue weighted by Crippen LogP contribution is 2.33. The first-order chi connectivity index (χ1) is 20.5. The molecule has 0 saturated heterocycles. The van der Waals surface area contributed by atoms with Crippen LogP contribution in [-0.4, -0.2) is 65.6 Å². The second-order valence-electron chi connectivity index (χ2n) is 10.3. The molecule has 0 heterocycles. The van der Waals surface area contributed by atoms with Crippen LogP contribution < -0.4 is 23.8 Å². The van der Waals surface area contributed by atoms with Gasteiger partial charge in [0.25, 0.3) is 10.0 Å². The summed E-state index contributed by atoms with van der Waals surface area (Å²) in [5.74, 6) is 0.767. The van der Waals surface area contributed by atoms with Crippen LogP contribution >= 0.6 is 0 Å². The molecule has 232 valence electrons. The van der Waals surface area contributed by atoms with E-state index in [0.29, 0.717) is 24.5 Å². The molecule has 3 rings (SSSR count). The van der Waals surface area contributed by atoms with Crippen molar-refractivity contribution in [2.24, 2.45) is 5.92 Å². The van der Waals surface area contributed by atoms with Crippen molar-refractivity contribution in [3.63, 3.8) is 0 Å². The Morgan fingerprint density at radius 3 is 1.95 bits per heavy atom. The van der Waals surface area contributed by atoms with E-state index in [-0.39, 0.29) is 34.7 Å². The summed E-state index contributed by atoms with van der Waals surface area (Å²) in [6.07, 6.45) is 0.325. The Bertz CT molecular complexity index is 1460. The average Bonchev–Trinajstić information content (AvgIpc) is 3.02. The standard InChI is InChI=1S/C32H41N3O7S/c1-7-28(32(37)33-20-23(2)3)34(21-24-12-14-25(40-4)15-13-24)31(36)22-35(29-10-8-9-11-30(29)42-6)43(38,39)27-18-16-26(41-5)17-19-27/h8-19,23,28H,7,20-22H2,1-6H3,(H,33,37)/t28-/m1/s1. The molecule has 3 aromatic carbocycles. The van der Waals surface area contributed by atoms with Crippen molar-refractivity contribution in [1.82, 2.24) is 10.2 Å². The summed E-state index contributed by atoms with van der Waals surface area (Å²) in [5, 5.41) is 2.93. The molecule has 0 fully saturated rings. The van der Waals surface area contributed by atoms with Crippen LogP contribution in [0.25, 0.3) is 0 Å². The summed E-state index contributed by atoms with van der Waals surface area (Å²) >= 11 is 0. The van der Waals surface area contributed by atoms with E-state index in [4.69, 9.17) is 14.2 Å². The van der Waals surface area contributed by atoms with Gasteiger partial charge in [0.1, 0.15) is 29.8 Å². The molecule has 0 aliphatic carbocycles. The van der Waals surface area contributed by atoms with Crippen LogP contribution in [0.15, 0.2) is 77.7 Å². The van der Waals surface area contributed by atoms with Gasteiger partial charge < -0.3 is 24.4 Å². The number of nitrogens with zero attached hydrogens (tertiary/aromatic N) is 2. The van der Waals surface area contributed by atoms with E-state index in [1.54, 1.807) is 43.5 Å². The summed E-state index contributed by atoms with van der Waals surface area (Å²) < 4.78 is 45.2. The number of rotatable bonds is 15. The summed E-state index contributed by atoms with van der Waals surface area (Å²) in [5.41, 5.74) is 0.946. The lowest BCUT2D eigenvalue weighted by Crippen LogP contribution is -2.52. The minimum Gasteiger partial charge on any atom is -0.497 e. The van der Waals surface area contributed by atoms with Crippen molar-refractivity contribution >= 4 is 27.5 Å². The highest BCUT2D eigenvalue weighted by molar-refractivity contribution is 7.92. The maximum absolute atomic E-state index is 14.2. The van der Waals surface area contributed by atoms with Crippen LogP contribution in [0.4, 0.5) is 5.69 Å². The van der Waals surface area contributed by atoms with Gasteiger partial charge in [-0.05, 0) is 66.4 Å². The molecule has 3 aromatic rings. The fourth-order valence-corrected chi connectivity index (χ4v) is 5.92. The predicted octanol–water partition coefficient (Wildman–Crippen LogP) is 4.49. The predicted molar refractivity (Wildman–Crippen MR) is 166 cm³/mol. The molecule has 0 aliphatic heterocycles. The molecule has 0 aliphatic rings. The first-order valence-electron chi connectivity index (χ1n) is 14.1. The van der Waals surface area contributed by atoms with Gasteiger partial charge in [0.2, 0.25) is 11.8 Å². The van der Waals surface area contributed by atoms with Crippen molar-refractivity contribution in [1.29, 1.82) is 0 Å². The van der Waals surface area contributed by atoms with Crippen molar-refractivity contribution in [3.8, 4) is 17.2 Å². The van der Waals surface area contributed by atoms with Crippen LogP contribution in [0.1, 0.15) is 32.8 Å². The first-order valence-corrected chi connectivity index (χ1v) is 15.5. The Morgan fingerprint density at radius 2 is 1.42 bits per heavy atom. The lowest BCUT2D eigenvalue weighted by Gasteiger charge is -2.33. The molecule has 10 nitrogen and oxygen atoms in total. The highest BCUT2D eigenvalue weighted by Gasteiger charge is 2.34. The minimum absolute atomic E-state index is 0.0320. The molecule has 0 aromatic heterocycles. The van der Waals surface area contributed by atoms with E-state index in [9.17, 15) is 18.0 Å². The van der Waals surface area contributed by atoms with Crippen molar-refractivity contribution in [3.05, 3.63) is 78.4 Å². The Hall–Kier alpha value is -4.25. The third-order valence-corrected chi connectivity index (χ3v) is 8.64. The number of hydrogen-bond acceptors (Lipinski definition) is 7. The number of para-hydroxylation sites is 2. The van der Waals surface area contributed by atoms with Crippen LogP contribution in [0.3, 0.4) is 0 Å². The molecular formula is C32H41N3O7S. The van der Waals surface area contributed by atoms with E-state index in [1.807, 2.05) is 32.9 Å². The zero-order chi connectivity index (χ0) is 31.6. The van der Waals surface area contributed by atoms with Gasteiger partial charge in [0.05, 0.1) is 31.9 Å². The molecule has 0 bridgehead atoms. The largest absolute Gasteiger partial charge is 0.497 e. The lowest BCUT2D eigenvalue weighted by atomic mass is 10.1. The molecule has 1 N–H and O–H groups in total. The van der Waals surface area contributed by atoms with Crippen LogP contribution in [-0.2, 0) is 26.2 Å². The van der Waals surface area contributed by atoms with Crippen molar-refractivity contribution < 1.29 is 32.2 Å². The number of anilines is 1. The third kappa shape index (κ3) is 8.41. The summed E-state index contributed by atoms with van der Waals surface area (Å²) in [7, 11) is 0.219. The molecule has 2 amide bonds. The van der Waals surface area contributed by atoms with Gasteiger partial charge in [0, 0.05) is 13.1 Å². The Balaban J connectivity index is 2.08. The van der Waals surface area contributed by atoms with Crippen molar-refractivity contribution in [2.45, 2.75) is 44.7 Å². The molecular weight excluding hydrogens is 570 g/mol. The summed E-state index contributed by atoms with van der Waals surface area (Å²) in [6.45, 7) is 5.74. The monoisotopic (exact) mass is 611 g/mol. The second-order valence-corrected chi connectivity index (χ2v) is 12.2. The number of ether oxygens (including phenoxy) is 3. The van der Waals surface area contributed by atoms with E-state index in [1.165, 1.54) is 43.4 Å². The van der Waals surface area contributed by atoms with E-state index >= 15 is 0 Å². The Kier molecular flexibility index (Phi) is 11.8. The quantitative estimate of drug-likeness (QED) is 0.269. The molecule has 43 heavy (non-hydrogen) atoms. The van der Waals surface area contributed by atoms with Gasteiger partial charge >= 0.3 is 0 Å². The molecule has 0 unspecified atom stereocenters. The zero-order valence-corrected chi connectivity index (χ0v) is 26.4. The molecule has 11 heteroatoms. The highest BCUT2D eigenvalue weighted by atomic mass is 32.2. The molecule has 1 atom stereocenters. The van der Waals surface area contributed by atoms with Gasteiger partial charge in [0.15, 0.2) is 0 Å². The van der Waals surface area contributed by atoms with Gasteiger partial charge in [-0.3, -0.25) is 13.9 Å². The fraction of sp³-hybridized carbons (Fsp3) is 0.375. The lowest BCUT2D eigenvalue weighted by molar-refractivity contribution is -0.140. The van der Waals surface area contributed by atoms with Crippen LogP contribution in [0.5, 0.6) is 17.2 Å². The normalized spacial score (nSPS) is 11.9. The average molecular weight is 612 g/mol. The van der Waals surface area contributed by atoms with E-state index in [2.05, 4.69) is 5.32 Å². The number of benzene rings is 3. The molecule has 0 saturated carbocycles. The smallest absolute Gasteiger partial charge is 0.264 e. The van der Waals surface area contributed by atoms with Gasteiger partial charge in [-0.15, -0.1) is 0 Å².